The van der Waals surface area contributed by atoms with Crippen LogP contribution in [-0.4, -0.2) is 63.0 Å². The Kier molecular flexibility index (Phi) is 7.36. The molecular formula is C32H35NO6. The van der Waals surface area contributed by atoms with Crippen LogP contribution in [-0.2, 0) is 28.5 Å². The quantitative estimate of drug-likeness (QED) is 0.428. The van der Waals surface area contributed by atoms with Crippen molar-refractivity contribution < 1.29 is 28.5 Å². The highest BCUT2D eigenvalue weighted by molar-refractivity contribution is 6.09. The lowest BCUT2D eigenvalue weighted by atomic mass is 9.83. The molecule has 2 aliphatic heterocycles. The summed E-state index contributed by atoms with van der Waals surface area (Å²) < 4.78 is 22.3. The molecular weight excluding hydrogens is 494 g/mol. The van der Waals surface area contributed by atoms with Crippen LogP contribution in [0.15, 0.2) is 82.8 Å². The van der Waals surface area contributed by atoms with E-state index in [2.05, 4.69) is 35.2 Å². The van der Waals surface area contributed by atoms with Crippen molar-refractivity contribution in [3.63, 3.8) is 0 Å². The predicted octanol–water partition coefficient (Wildman–Crippen LogP) is 5.33. The molecule has 0 fully saturated rings. The van der Waals surface area contributed by atoms with Gasteiger partial charge in [0, 0.05) is 25.6 Å². The second kappa shape index (κ2) is 10.7. The lowest BCUT2D eigenvalue weighted by molar-refractivity contribution is -0.141. The molecule has 1 aliphatic carbocycles. The summed E-state index contributed by atoms with van der Waals surface area (Å²) in [6.45, 7) is 4.73. The monoisotopic (exact) mass is 529 g/mol. The van der Waals surface area contributed by atoms with Crippen LogP contribution in [0.1, 0.15) is 38.7 Å². The summed E-state index contributed by atoms with van der Waals surface area (Å²) in [6.07, 6.45) is 5.57. The maximum atomic E-state index is 13.8. The fourth-order valence-electron chi connectivity index (χ4n) is 6.09. The van der Waals surface area contributed by atoms with Crippen molar-refractivity contribution in [3.8, 4) is 0 Å². The number of methoxy groups -OCH3 is 3. The van der Waals surface area contributed by atoms with Crippen LogP contribution in [0, 0.1) is 0 Å². The molecule has 3 aliphatic rings. The summed E-state index contributed by atoms with van der Waals surface area (Å²) >= 11 is 0. The molecule has 39 heavy (non-hydrogen) atoms. The van der Waals surface area contributed by atoms with E-state index >= 15 is 0 Å². The highest BCUT2D eigenvalue weighted by atomic mass is 16.5. The van der Waals surface area contributed by atoms with Crippen LogP contribution in [0.25, 0.3) is 16.3 Å². The minimum atomic E-state index is -0.703. The Bertz CT molecular complexity index is 1440. The Morgan fingerprint density at radius 3 is 2.56 bits per heavy atom. The number of nitrogens with zero attached hydrogens (tertiary/aromatic N) is 1. The van der Waals surface area contributed by atoms with E-state index in [1.807, 2.05) is 38.1 Å². The number of carbonyl (C=O) groups excluding carboxylic acids is 2. The Morgan fingerprint density at radius 2 is 1.85 bits per heavy atom. The van der Waals surface area contributed by atoms with Gasteiger partial charge < -0.3 is 23.8 Å². The van der Waals surface area contributed by atoms with Crippen LogP contribution >= 0.6 is 0 Å². The van der Waals surface area contributed by atoms with Crippen molar-refractivity contribution in [2.45, 2.75) is 44.8 Å². The number of hydrogen-bond donors (Lipinski definition) is 0. The summed E-state index contributed by atoms with van der Waals surface area (Å²) in [4.78, 5) is 28.4. The molecule has 7 nitrogen and oxygen atoms in total. The van der Waals surface area contributed by atoms with Gasteiger partial charge in [0.25, 0.3) is 0 Å². The predicted molar refractivity (Wildman–Crippen MR) is 149 cm³/mol. The number of esters is 2. The van der Waals surface area contributed by atoms with Crippen molar-refractivity contribution in [1.29, 1.82) is 0 Å². The van der Waals surface area contributed by atoms with E-state index in [0.29, 0.717) is 24.3 Å². The zero-order valence-corrected chi connectivity index (χ0v) is 23.2. The van der Waals surface area contributed by atoms with Gasteiger partial charge in [-0.05, 0) is 66.3 Å². The molecule has 0 aromatic heterocycles. The van der Waals surface area contributed by atoms with E-state index in [-0.39, 0.29) is 31.0 Å². The highest BCUT2D eigenvalue weighted by Gasteiger charge is 2.46. The van der Waals surface area contributed by atoms with Gasteiger partial charge in [-0.25, -0.2) is 4.79 Å². The van der Waals surface area contributed by atoms with Gasteiger partial charge in [0.05, 0.1) is 38.1 Å². The fraction of sp³-hybridized carbons (Fsp3) is 0.375. The van der Waals surface area contributed by atoms with Crippen LogP contribution < -0.4 is 0 Å². The van der Waals surface area contributed by atoms with Crippen LogP contribution in [0.3, 0.4) is 0 Å². The molecule has 2 aromatic rings. The van der Waals surface area contributed by atoms with E-state index < -0.39 is 5.60 Å². The van der Waals surface area contributed by atoms with Gasteiger partial charge in [-0.3, -0.25) is 4.79 Å². The number of rotatable bonds is 8. The SMILES string of the molecule is CCOC(=O)C1=C(c2cccc3ccccc23)C(CCC(=O)OC)N2CCC3=CC(C)(OC)C(OC)=CC3=C12. The first-order valence-corrected chi connectivity index (χ1v) is 13.4. The lowest BCUT2D eigenvalue weighted by Crippen LogP contribution is -2.38. The minimum absolute atomic E-state index is 0.214. The Hall–Kier alpha value is -3.84. The Labute approximate surface area is 229 Å². The number of hydrogen-bond acceptors (Lipinski definition) is 7. The van der Waals surface area contributed by atoms with Gasteiger partial charge in [-0.1, -0.05) is 42.5 Å². The molecule has 0 radical (unpaired) electrons. The molecule has 2 unspecified atom stereocenters. The normalized spacial score (nSPS) is 22.3. The minimum Gasteiger partial charge on any atom is -0.498 e. The molecule has 0 saturated carbocycles. The lowest BCUT2D eigenvalue weighted by Gasteiger charge is -2.39. The topological polar surface area (TPSA) is 74.3 Å². The second-order valence-corrected chi connectivity index (χ2v) is 10.1. The zero-order chi connectivity index (χ0) is 27.7. The molecule has 0 amide bonds. The first-order chi connectivity index (χ1) is 18.9. The molecule has 0 saturated heterocycles. The third kappa shape index (κ3) is 4.55. The maximum absolute atomic E-state index is 13.8. The van der Waals surface area contributed by atoms with Crippen molar-refractivity contribution in [2.75, 3.05) is 34.5 Å². The van der Waals surface area contributed by atoms with E-state index in [0.717, 1.165) is 45.2 Å². The Morgan fingerprint density at radius 1 is 1.08 bits per heavy atom. The fourth-order valence-corrected chi connectivity index (χ4v) is 6.09. The van der Waals surface area contributed by atoms with Crippen LogP contribution in [0.2, 0.25) is 0 Å². The smallest absolute Gasteiger partial charge is 0.340 e. The van der Waals surface area contributed by atoms with Gasteiger partial charge in [0.1, 0.15) is 11.4 Å². The number of ether oxygens (including phenoxy) is 4. The molecule has 5 rings (SSSR count). The van der Waals surface area contributed by atoms with E-state index in [9.17, 15) is 9.59 Å². The van der Waals surface area contributed by atoms with Gasteiger partial charge >= 0.3 is 11.9 Å². The average Bonchev–Trinajstić information content (AvgIpc) is 3.29. The zero-order valence-electron chi connectivity index (χ0n) is 23.2. The number of carbonyl (C=O) groups is 2. The van der Waals surface area contributed by atoms with E-state index in [4.69, 9.17) is 18.9 Å². The first kappa shape index (κ1) is 26.8. The molecule has 204 valence electrons. The van der Waals surface area contributed by atoms with E-state index in [1.165, 1.54) is 7.11 Å². The van der Waals surface area contributed by atoms with Gasteiger partial charge in [-0.2, -0.15) is 0 Å². The maximum Gasteiger partial charge on any atom is 0.340 e. The molecule has 0 N–H and O–H groups in total. The van der Waals surface area contributed by atoms with E-state index in [1.54, 1.807) is 14.2 Å². The molecule has 2 aromatic carbocycles. The summed E-state index contributed by atoms with van der Waals surface area (Å²) in [5.74, 6) is 0.00645. The molecule has 0 spiro atoms. The molecule has 7 heteroatoms. The Balaban J connectivity index is 1.82. The van der Waals surface area contributed by atoms with Crippen molar-refractivity contribution in [1.82, 2.24) is 4.90 Å². The average molecular weight is 530 g/mol. The highest BCUT2D eigenvalue weighted by Crippen LogP contribution is 2.50. The summed E-state index contributed by atoms with van der Waals surface area (Å²) in [6, 6.07) is 14.1. The summed E-state index contributed by atoms with van der Waals surface area (Å²) in [5, 5.41) is 2.13. The number of benzene rings is 2. The number of allylic oxidation sites excluding steroid dienone is 2. The first-order valence-electron chi connectivity index (χ1n) is 13.4. The molecule has 2 atom stereocenters. The third-order valence-electron chi connectivity index (χ3n) is 7.99. The largest absolute Gasteiger partial charge is 0.498 e. The van der Waals surface area contributed by atoms with Gasteiger partial charge in [-0.15, -0.1) is 0 Å². The molecule has 0 bridgehead atoms. The third-order valence-corrected chi connectivity index (χ3v) is 7.99. The summed E-state index contributed by atoms with van der Waals surface area (Å²) in [5.41, 5.74) is 4.52. The van der Waals surface area contributed by atoms with Crippen LogP contribution in [0.4, 0.5) is 0 Å². The summed E-state index contributed by atoms with van der Waals surface area (Å²) in [7, 11) is 4.70. The molecule has 2 heterocycles. The van der Waals surface area contributed by atoms with Crippen molar-refractivity contribution >= 4 is 28.3 Å². The standard InChI is InChI=1S/C32H35NO6/c1-6-39-31(35)29-28(23-13-9-11-20-10-7-8-12-22(20)23)25(14-15-27(34)37-4)33-17-16-21-19-32(2,38-5)26(36-3)18-24(21)30(29)33/h7-13,18-19,25H,6,14-17H2,1-5H3. The van der Waals surface area contributed by atoms with Crippen molar-refractivity contribution in [3.05, 3.63) is 88.4 Å². The van der Waals surface area contributed by atoms with Gasteiger partial charge in [0.15, 0.2) is 0 Å². The second-order valence-electron chi connectivity index (χ2n) is 10.1. The van der Waals surface area contributed by atoms with Crippen LogP contribution in [0.5, 0.6) is 0 Å². The van der Waals surface area contributed by atoms with Gasteiger partial charge in [0.2, 0.25) is 0 Å². The number of fused-ring (bicyclic) bond motifs is 3. The van der Waals surface area contributed by atoms with Crippen molar-refractivity contribution in [2.24, 2.45) is 0 Å².